The van der Waals surface area contributed by atoms with Gasteiger partial charge in [-0.1, -0.05) is 36.4 Å². The van der Waals surface area contributed by atoms with Gasteiger partial charge in [-0.05, 0) is 29.7 Å². The molecule has 2 aliphatic rings. The van der Waals surface area contributed by atoms with Gasteiger partial charge >= 0.3 is 12.1 Å². The van der Waals surface area contributed by atoms with E-state index in [0.717, 1.165) is 25.5 Å². The average Bonchev–Trinajstić information content (AvgIpc) is 3.02. The monoisotopic (exact) mass is 547 g/mol. The first-order valence-corrected chi connectivity index (χ1v) is 12.5. The second-order valence-electron chi connectivity index (χ2n) is 8.92. The zero-order valence-corrected chi connectivity index (χ0v) is 21.0. The first-order valence-electron chi connectivity index (χ1n) is 11.6. The number of benzene rings is 2. The summed E-state index contributed by atoms with van der Waals surface area (Å²) >= 11 is 1.26. The number of halogens is 4. The quantitative estimate of drug-likeness (QED) is 0.353. The molecule has 12 heteroatoms. The summed E-state index contributed by atoms with van der Waals surface area (Å²) in [7, 11) is 0. The Kier molecular flexibility index (Phi) is 6.46. The van der Waals surface area contributed by atoms with Crippen molar-refractivity contribution in [2.75, 3.05) is 11.7 Å². The van der Waals surface area contributed by atoms with Gasteiger partial charge < -0.3 is 9.64 Å². The molecule has 3 aromatic rings. The second kappa shape index (κ2) is 9.50. The third-order valence-corrected chi connectivity index (χ3v) is 7.75. The van der Waals surface area contributed by atoms with Crippen molar-refractivity contribution in [2.45, 2.75) is 42.8 Å². The maximum Gasteiger partial charge on any atom is 0.408 e. The second-order valence-corrected chi connectivity index (χ2v) is 9.90. The van der Waals surface area contributed by atoms with E-state index in [1.54, 1.807) is 18.2 Å². The van der Waals surface area contributed by atoms with Gasteiger partial charge in [0.1, 0.15) is 18.5 Å². The number of aromatic nitrogens is 1. The molecule has 2 aromatic carbocycles. The largest absolute Gasteiger partial charge is 0.420 e. The number of nitrogens with zero attached hydrogens (tertiary/aromatic N) is 3. The SMILES string of the molecule is CC(=O)Oc1c2n(ccc1=O)N([C@H]1c3ccccc3CSc3c(F)cccc31)CN([C@H](C)C(F)(F)F)C2=O. The first kappa shape index (κ1) is 25.8. The minimum atomic E-state index is -4.79. The van der Waals surface area contributed by atoms with Gasteiger partial charge in [-0.15, -0.1) is 11.8 Å². The van der Waals surface area contributed by atoms with Crippen LogP contribution in [0.2, 0.25) is 0 Å². The highest BCUT2D eigenvalue weighted by molar-refractivity contribution is 7.98. The number of thioether (sulfide) groups is 1. The maximum atomic E-state index is 15.0. The van der Waals surface area contributed by atoms with Crippen molar-refractivity contribution in [3.8, 4) is 5.75 Å². The summed E-state index contributed by atoms with van der Waals surface area (Å²) < 4.78 is 63.1. The molecule has 0 aliphatic carbocycles. The van der Waals surface area contributed by atoms with Crippen LogP contribution in [-0.4, -0.2) is 40.3 Å². The Hall–Kier alpha value is -3.80. The topological polar surface area (TPSA) is 71.8 Å². The summed E-state index contributed by atoms with van der Waals surface area (Å²) in [5, 5.41) is 1.45. The molecule has 0 saturated carbocycles. The number of pyridine rings is 1. The van der Waals surface area contributed by atoms with Crippen molar-refractivity contribution in [3.63, 3.8) is 0 Å². The fourth-order valence-electron chi connectivity index (χ4n) is 4.73. The lowest BCUT2D eigenvalue weighted by Gasteiger charge is -2.46. The van der Waals surface area contributed by atoms with E-state index < -0.39 is 59.5 Å². The minimum Gasteiger partial charge on any atom is -0.420 e. The smallest absolute Gasteiger partial charge is 0.408 e. The highest BCUT2D eigenvalue weighted by atomic mass is 32.2. The van der Waals surface area contributed by atoms with E-state index in [1.165, 1.54) is 39.8 Å². The normalized spacial score (nSPS) is 17.7. The van der Waals surface area contributed by atoms with Gasteiger partial charge in [0, 0.05) is 29.8 Å². The number of carbonyl (C=O) groups excluding carboxylic acids is 2. The number of alkyl halides is 3. The van der Waals surface area contributed by atoms with Gasteiger partial charge in [-0.2, -0.15) is 13.2 Å². The Morgan fingerprint density at radius 1 is 1.08 bits per heavy atom. The molecule has 0 radical (unpaired) electrons. The molecule has 3 heterocycles. The molecule has 2 atom stereocenters. The molecule has 1 amide bonds. The molecule has 0 fully saturated rings. The number of ether oxygens (including phenoxy) is 1. The van der Waals surface area contributed by atoms with E-state index in [4.69, 9.17) is 4.74 Å². The Morgan fingerprint density at radius 3 is 2.50 bits per heavy atom. The lowest BCUT2D eigenvalue weighted by atomic mass is 9.94. The standard InChI is InChI=1S/C26H21F4N3O4S/c1-14(26(28,29)30)31-13-33(32-11-10-20(35)23(37-15(2)34)22(32)25(31)36)21-17-7-4-3-6-16(17)12-38-24-18(21)8-5-9-19(24)27/h3-11,14,21H,12-13H2,1-2H3/t14-,21+/m1/s1. The summed E-state index contributed by atoms with van der Waals surface area (Å²) in [6.07, 6.45) is -3.54. The zero-order chi connectivity index (χ0) is 27.4. The Labute approximate surface area is 218 Å². The summed E-state index contributed by atoms with van der Waals surface area (Å²) in [6, 6.07) is 9.69. The van der Waals surface area contributed by atoms with Crippen LogP contribution >= 0.6 is 11.8 Å². The number of rotatable bonds is 3. The number of fused-ring (bicyclic) bond motifs is 3. The van der Waals surface area contributed by atoms with Crippen LogP contribution in [-0.2, 0) is 10.5 Å². The molecule has 198 valence electrons. The molecule has 1 aromatic heterocycles. The van der Waals surface area contributed by atoms with Crippen LogP contribution in [0.15, 0.2) is 64.4 Å². The van der Waals surface area contributed by atoms with Gasteiger partial charge in [-0.25, -0.2) is 4.39 Å². The zero-order valence-electron chi connectivity index (χ0n) is 20.2. The van der Waals surface area contributed by atoms with Crippen LogP contribution in [0.5, 0.6) is 5.75 Å². The highest BCUT2D eigenvalue weighted by Gasteiger charge is 2.48. The molecule has 0 unspecified atom stereocenters. The van der Waals surface area contributed by atoms with Crippen molar-refractivity contribution in [1.82, 2.24) is 9.58 Å². The minimum absolute atomic E-state index is 0.323. The molecule has 0 bridgehead atoms. The number of hydrogen-bond donors (Lipinski definition) is 0. The van der Waals surface area contributed by atoms with Gasteiger partial charge in [-0.3, -0.25) is 24.1 Å². The number of carbonyl (C=O) groups is 2. The van der Waals surface area contributed by atoms with Gasteiger partial charge in [0.15, 0.2) is 5.69 Å². The van der Waals surface area contributed by atoms with Crippen LogP contribution < -0.4 is 15.2 Å². The van der Waals surface area contributed by atoms with E-state index in [1.807, 2.05) is 12.1 Å². The third-order valence-electron chi connectivity index (χ3n) is 6.57. The Morgan fingerprint density at radius 2 is 1.79 bits per heavy atom. The molecule has 38 heavy (non-hydrogen) atoms. The average molecular weight is 548 g/mol. The first-order chi connectivity index (χ1) is 18.0. The number of esters is 1. The summed E-state index contributed by atoms with van der Waals surface area (Å²) in [5.74, 6) is -2.80. The van der Waals surface area contributed by atoms with E-state index in [0.29, 0.717) is 26.7 Å². The molecule has 0 saturated heterocycles. The van der Waals surface area contributed by atoms with Crippen molar-refractivity contribution in [2.24, 2.45) is 0 Å². The van der Waals surface area contributed by atoms with Crippen molar-refractivity contribution < 1.29 is 31.9 Å². The molecular weight excluding hydrogens is 526 g/mol. The summed E-state index contributed by atoms with van der Waals surface area (Å²) in [5.41, 5.74) is 0.629. The van der Waals surface area contributed by atoms with Crippen LogP contribution in [0, 0.1) is 5.82 Å². The van der Waals surface area contributed by atoms with Crippen LogP contribution in [0.25, 0.3) is 0 Å². The van der Waals surface area contributed by atoms with Crippen LogP contribution in [0.3, 0.4) is 0 Å². The molecular formula is C26H21F4N3O4S. The van der Waals surface area contributed by atoms with Gasteiger partial charge in [0.05, 0.1) is 6.04 Å². The van der Waals surface area contributed by atoms with Crippen molar-refractivity contribution >= 4 is 23.6 Å². The molecule has 7 nitrogen and oxygen atoms in total. The van der Waals surface area contributed by atoms with E-state index in [-0.39, 0.29) is 0 Å². The van der Waals surface area contributed by atoms with Gasteiger partial charge in [0.2, 0.25) is 11.2 Å². The maximum absolute atomic E-state index is 15.0. The molecule has 2 aliphatic heterocycles. The number of hydrogen-bond acceptors (Lipinski definition) is 6. The fraction of sp³-hybridized carbons (Fsp3) is 0.269. The fourth-order valence-corrected chi connectivity index (χ4v) is 5.85. The van der Waals surface area contributed by atoms with Gasteiger partial charge in [0.25, 0.3) is 5.91 Å². The Balaban J connectivity index is 1.81. The summed E-state index contributed by atoms with van der Waals surface area (Å²) in [4.78, 5) is 38.8. The predicted octanol–water partition coefficient (Wildman–Crippen LogP) is 4.61. The number of amides is 1. The molecule has 5 rings (SSSR count). The van der Waals surface area contributed by atoms with Crippen molar-refractivity contribution in [3.05, 3.63) is 93.2 Å². The van der Waals surface area contributed by atoms with E-state index in [2.05, 4.69) is 0 Å². The molecule has 0 spiro atoms. The summed E-state index contributed by atoms with van der Waals surface area (Å²) in [6.45, 7) is 1.31. The Bertz CT molecular complexity index is 1510. The van der Waals surface area contributed by atoms with Crippen molar-refractivity contribution in [1.29, 1.82) is 0 Å². The van der Waals surface area contributed by atoms with E-state index >= 15 is 4.39 Å². The van der Waals surface area contributed by atoms with Crippen LogP contribution in [0.1, 0.15) is 47.1 Å². The lowest BCUT2D eigenvalue weighted by molar-refractivity contribution is -0.173. The van der Waals surface area contributed by atoms with E-state index in [9.17, 15) is 27.6 Å². The highest BCUT2D eigenvalue weighted by Crippen LogP contribution is 2.44. The molecule has 0 N–H and O–H groups in total. The third kappa shape index (κ3) is 4.32. The predicted molar refractivity (Wildman–Crippen MR) is 131 cm³/mol. The van der Waals surface area contributed by atoms with Crippen LogP contribution in [0.4, 0.5) is 17.6 Å². The lowest BCUT2D eigenvalue weighted by Crippen LogP contribution is -2.60.